The predicted molar refractivity (Wildman–Crippen MR) is 66.5 cm³/mol. The normalized spacial score (nSPS) is 9.05. The maximum atomic E-state index is 10.4. The van der Waals surface area contributed by atoms with Gasteiger partial charge in [-0.1, -0.05) is 0 Å². The third-order valence-corrected chi connectivity index (χ3v) is 2.00. The highest BCUT2D eigenvalue weighted by atomic mass is 16.4. The van der Waals surface area contributed by atoms with Crippen LogP contribution in [-0.4, -0.2) is 33.0 Å². The van der Waals surface area contributed by atoms with Gasteiger partial charge in [-0.2, -0.15) is 0 Å². The number of nitrogens with zero attached hydrogens (tertiary/aromatic N) is 1. The molecule has 0 aliphatic heterocycles. The van der Waals surface area contributed by atoms with Crippen molar-refractivity contribution in [1.82, 2.24) is 4.98 Å². The highest BCUT2D eigenvalue weighted by molar-refractivity contribution is 5.92. The van der Waals surface area contributed by atoms with Gasteiger partial charge in [0.2, 0.25) is 5.91 Å². The standard InChI is InChI=1S/C6H6N2O.C6H10O4/c7-6(9)5-1-3-8-4-2-5;7-5(8)3-1-2-4-6(9)10/h1-4H,(H2,7,9);1-4H2,(H,7,8)(H,9,10). The maximum Gasteiger partial charge on any atom is 0.303 e. The first-order chi connectivity index (χ1) is 8.93. The van der Waals surface area contributed by atoms with E-state index in [0.717, 1.165) is 0 Å². The van der Waals surface area contributed by atoms with E-state index in [0.29, 0.717) is 18.4 Å². The summed E-state index contributed by atoms with van der Waals surface area (Å²) in [6, 6.07) is 3.14. The number of primary amides is 1. The van der Waals surface area contributed by atoms with E-state index in [1.165, 1.54) is 12.4 Å². The number of carboxylic acid groups (broad SMARTS) is 2. The third-order valence-electron chi connectivity index (χ3n) is 2.00. The third kappa shape index (κ3) is 10.4. The molecule has 104 valence electrons. The summed E-state index contributed by atoms with van der Waals surface area (Å²) in [5.74, 6) is -2.16. The summed E-state index contributed by atoms with van der Waals surface area (Å²) in [7, 11) is 0. The summed E-state index contributed by atoms with van der Waals surface area (Å²) in [6.45, 7) is 0. The number of hydrogen-bond donors (Lipinski definition) is 3. The van der Waals surface area contributed by atoms with Gasteiger partial charge in [-0.05, 0) is 25.0 Å². The van der Waals surface area contributed by atoms with Gasteiger partial charge in [0, 0.05) is 30.8 Å². The average Bonchev–Trinajstić information content (AvgIpc) is 2.36. The summed E-state index contributed by atoms with van der Waals surface area (Å²) < 4.78 is 0. The van der Waals surface area contributed by atoms with Crippen molar-refractivity contribution >= 4 is 17.8 Å². The van der Waals surface area contributed by atoms with E-state index >= 15 is 0 Å². The van der Waals surface area contributed by atoms with Crippen LogP contribution in [0.4, 0.5) is 0 Å². The average molecular weight is 268 g/mol. The fourth-order valence-electron chi connectivity index (χ4n) is 1.07. The zero-order valence-electron chi connectivity index (χ0n) is 10.3. The zero-order chi connectivity index (χ0) is 14.7. The maximum absolute atomic E-state index is 10.4. The Labute approximate surface area is 110 Å². The molecule has 4 N–H and O–H groups in total. The first-order valence-electron chi connectivity index (χ1n) is 5.57. The Morgan fingerprint density at radius 3 is 1.68 bits per heavy atom. The van der Waals surface area contributed by atoms with E-state index in [1.807, 2.05) is 0 Å². The second kappa shape index (κ2) is 9.58. The molecule has 0 atom stereocenters. The van der Waals surface area contributed by atoms with E-state index in [2.05, 4.69) is 4.98 Å². The Morgan fingerprint density at radius 2 is 1.42 bits per heavy atom. The molecule has 0 saturated heterocycles. The number of rotatable bonds is 6. The number of hydrogen-bond acceptors (Lipinski definition) is 4. The monoisotopic (exact) mass is 268 g/mol. The van der Waals surface area contributed by atoms with Crippen LogP contribution in [0.15, 0.2) is 24.5 Å². The number of unbranched alkanes of at least 4 members (excludes halogenated alkanes) is 1. The van der Waals surface area contributed by atoms with E-state index in [-0.39, 0.29) is 12.8 Å². The largest absolute Gasteiger partial charge is 0.481 e. The lowest BCUT2D eigenvalue weighted by Crippen LogP contribution is -2.10. The van der Waals surface area contributed by atoms with Crippen molar-refractivity contribution in [3.05, 3.63) is 30.1 Å². The smallest absolute Gasteiger partial charge is 0.303 e. The van der Waals surface area contributed by atoms with Crippen molar-refractivity contribution in [1.29, 1.82) is 0 Å². The molecule has 0 aliphatic rings. The molecule has 1 heterocycles. The van der Waals surface area contributed by atoms with Gasteiger partial charge >= 0.3 is 11.9 Å². The molecular formula is C12H16N2O5. The molecule has 0 aliphatic carbocycles. The number of nitrogens with two attached hydrogens (primary N) is 1. The van der Waals surface area contributed by atoms with Gasteiger partial charge in [-0.25, -0.2) is 0 Å². The summed E-state index contributed by atoms with van der Waals surface area (Å²) in [6.07, 6.45) is 4.07. The lowest BCUT2D eigenvalue weighted by molar-refractivity contribution is -0.139. The first-order valence-corrected chi connectivity index (χ1v) is 5.57. The second-order valence-corrected chi connectivity index (χ2v) is 3.59. The van der Waals surface area contributed by atoms with Crippen molar-refractivity contribution in [3.63, 3.8) is 0 Å². The van der Waals surface area contributed by atoms with Crippen molar-refractivity contribution < 1.29 is 24.6 Å². The van der Waals surface area contributed by atoms with E-state index in [9.17, 15) is 14.4 Å². The van der Waals surface area contributed by atoms with Crippen LogP contribution >= 0.6 is 0 Å². The number of amides is 1. The molecule has 0 spiro atoms. The molecule has 0 radical (unpaired) electrons. The number of pyridine rings is 1. The van der Waals surface area contributed by atoms with Crippen LogP contribution in [0.3, 0.4) is 0 Å². The molecular weight excluding hydrogens is 252 g/mol. The van der Waals surface area contributed by atoms with Gasteiger partial charge in [0.05, 0.1) is 0 Å². The van der Waals surface area contributed by atoms with Crippen LogP contribution in [-0.2, 0) is 9.59 Å². The van der Waals surface area contributed by atoms with E-state index in [4.69, 9.17) is 15.9 Å². The van der Waals surface area contributed by atoms with Gasteiger partial charge in [-0.15, -0.1) is 0 Å². The molecule has 0 bridgehead atoms. The molecule has 0 unspecified atom stereocenters. The van der Waals surface area contributed by atoms with Crippen LogP contribution in [0.1, 0.15) is 36.0 Å². The quantitative estimate of drug-likeness (QED) is 0.657. The fraction of sp³-hybridized carbons (Fsp3) is 0.333. The van der Waals surface area contributed by atoms with Crippen LogP contribution in [0.5, 0.6) is 0 Å². The topological polar surface area (TPSA) is 131 Å². The van der Waals surface area contributed by atoms with Gasteiger partial charge in [0.25, 0.3) is 0 Å². The summed E-state index contributed by atoms with van der Waals surface area (Å²) >= 11 is 0. The lowest BCUT2D eigenvalue weighted by Gasteiger charge is -1.92. The van der Waals surface area contributed by atoms with E-state index in [1.54, 1.807) is 12.1 Å². The van der Waals surface area contributed by atoms with Crippen LogP contribution in [0.25, 0.3) is 0 Å². The second-order valence-electron chi connectivity index (χ2n) is 3.59. The Hall–Kier alpha value is -2.44. The van der Waals surface area contributed by atoms with E-state index < -0.39 is 17.8 Å². The number of aromatic nitrogens is 1. The van der Waals surface area contributed by atoms with Gasteiger partial charge in [0.1, 0.15) is 0 Å². The Balaban J connectivity index is 0.000000342. The summed E-state index contributed by atoms with van der Waals surface area (Å²) in [5, 5.41) is 16.3. The Kier molecular flexibility index (Phi) is 8.35. The first kappa shape index (κ1) is 16.6. The molecule has 0 fully saturated rings. The number of carbonyl (C=O) groups excluding carboxylic acids is 1. The molecule has 1 aromatic rings. The Bertz CT molecular complexity index is 403. The SMILES string of the molecule is NC(=O)c1ccncc1.O=C(O)CCCCC(=O)O. The molecule has 0 aromatic carbocycles. The zero-order valence-corrected chi connectivity index (χ0v) is 10.3. The van der Waals surface area contributed by atoms with Crippen molar-refractivity contribution in [2.75, 3.05) is 0 Å². The number of aliphatic carboxylic acids is 2. The van der Waals surface area contributed by atoms with Crippen LogP contribution in [0, 0.1) is 0 Å². The lowest BCUT2D eigenvalue weighted by atomic mass is 10.2. The minimum atomic E-state index is -0.870. The van der Waals surface area contributed by atoms with Gasteiger partial charge < -0.3 is 15.9 Å². The van der Waals surface area contributed by atoms with Crippen molar-refractivity contribution in [2.24, 2.45) is 5.73 Å². The van der Waals surface area contributed by atoms with Crippen LogP contribution in [0.2, 0.25) is 0 Å². The molecule has 1 rings (SSSR count). The summed E-state index contributed by atoms with van der Waals surface area (Å²) in [4.78, 5) is 33.9. The minimum absolute atomic E-state index is 0.0628. The van der Waals surface area contributed by atoms with Gasteiger partial charge in [0.15, 0.2) is 0 Å². The fourth-order valence-corrected chi connectivity index (χ4v) is 1.07. The van der Waals surface area contributed by atoms with Crippen molar-refractivity contribution in [3.8, 4) is 0 Å². The highest BCUT2D eigenvalue weighted by Gasteiger charge is 1.99. The molecule has 0 saturated carbocycles. The van der Waals surface area contributed by atoms with Crippen LogP contribution < -0.4 is 5.73 Å². The molecule has 1 amide bonds. The Morgan fingerprint density at radius 1 is 1.00 bits per heavy atom. The molecule has 1 aromatic heterocycles. The number of carboxylic acids is 2. The summed E-state index contributed by atoms with van der Waals surface area (Å²) in [5.41, 5.74) is 5.44. The minimum Gasteiger partial charge on any atom is -0.481 e. The molecule has 19 heavy (non-hydrogen) atoms. The number of carbonyl (C=O) groups is 3. The predicted octanol–water partition coefficient (Wildman–Crippen LogP) is 0.896. The van der Waals surface area contributed by atoms with Gasteiger partial charge in [-0.3, -0.25) is 19.4 Å². The molecule has 7 heteroatoms. The molecule has 7 nitrogen and oxygen atoms in total. The highest BCUT2D eigenvalue weighted by Crippen LogP contribution is 1.98. The van der Waals surface area contributed by atoms with Crippen molar-refractivity contribution in [2.45, 2.75) is 25.7 Å².